The predicted molar refractivity (Wildman–Crippen MR) is 84.7 cm³/mol. The zero-order valence-corrected chi connectivity index (χ0v) is 13.2. The van der Waals surface area contributed by atoms with Gasteiger partial charge in [0.25, 0.3) is 0 Å². The van der Waals surface area contributed by atoms with Crippen molar-refractivity contribution in [3.63, 3.8) is 0 Å². The number of pyridine rings is 1. The average molecular weight is 336 g/mol. The van der Waals surface area contributed by atoms with Crippen LogP contribution in [0.2, 0.25) is 0 Å². The lowest BCUT2D eigenvalue weighted by Gasteiger charge is -2.03. The molecule has 0 aromatic carbocycles. The minimum Gasteiger partial charge on any atom is -0.383 e. The van der Waals surface area contributed by atoms with E-state index in [0.29, 0.717) is 5.82 Å². The van der Waals surface area contributed by atoms with Gasteiger partial charge in [-0.05, 0) is 53.5 Å². The molecule has 3 aromatic rings. The van der Waals surface area contributed by atoms with E-state index in [-0.39, 0.29) is 0 Å². The second-order valence-electron chi connectivity index (χ2n) is 4.43. The van der Waals surface area contributed by atoms with Gasteiger partial charge in [0.05, 0.1) is 4.88 Å². The van der Waals surface area contributed by atoms with Crippen molar-refractivity contribution < 1.29 is 0 Å². The number of halogens is 1. The van der Waals surface area contributed by atoms with Crippen LogP contribution in [0.1, 0.15) is 17.5 Å². The van der Waals surface area contributed by atoms with E-state index in [9.17, 15) is 0 Å². The fourth-order valence-corrected chi connectivity index (χ4v) is 3.42. The number of nitrogens with two attached hydrogens (primary N) is 1. The zero-order valence-electron chi connectivity index (χ0n) is 10.8. The molecule has 0 aliphatic heterocycles. The number of hydrogen-bond donors (Lipinski definition) is 1. The molecule has 5 heteroatoms. The summed E-state index contributed by atoms with van der Waals surface area (Å²) in [6, 6.07) is 8.23. The molecule has 19 heavy (non-hydrogen) atoms. The first-order valence-corrected chi connectivity index (χ1v) is 7.75. The molecule has 0 amide bonds. The highest BCUT2D eigenvalue weighted by Gasteiger charge is 2.15. The normalized spacial score (nSPS) is 11.3. The minimum absolute atomic E-state index is 0.707. The average Bonchev–Trinajstić information content (AvgIpc) is 2.99. The third kappa shape index (κ3) is 1.97. The second kappa shape index (κ2) is 4.65. The Kier molecular flexibility index (Phi) is 3.11. The summed E-state index contributed by atoms with van der Waals surface area (Å²) in [7, 11) is 0. The van der Waals surface area contributed by atoms with Crippen LogP contribution in [0, 0.1) is 6.92 Å². The number of fused-ring (bicyclic) bond motifs is 1. The number of nitrogen functional groups attached to an aromatic ring is 1. The van der Waals surface area contributed by atoms with Crippen molar-refractivity contribution in [1.29, 1.82) is 0 Å². The number of aryl methyl sites for hydroxylation is 2. The Morgan fingerprint density at radius 3 is 2.79 bits per heavy atom. The maximum absolute atomic E-state index is 6.28. The molecule has 0 saturated carbocycles. The Hall–Kier alpha value is -1.33. The summed E-state index contributed by atoms with van der Waals surface area (Å²) in [4.78, 5) is 7.14. The number of anilines is 1. The summed E-state index contributed by atoms with van der Waals surface area (Å²) in [5.74, 6) is 0.707. The van der Waals surface area contributed by atoms with Gasteiger partial charge in [0.1, 0.15) is 17.2 Å². The molecule has 3 rings (SSSR count). The molecule has 0 fully saturated rings. The number of aromatic nitrogens is 2. The lowest BCUT2D eigenvalue weighted by Crippen LogP contribution is -1.98. The lowest BCUT2D eigenvalue weighted by molar-refractivity contribution is 1.09. The Morgan fingerprint density at radius 1 is 1.32 bits per heavy atom. The highest BCUT2D eigenvalue weighted by Crippen LogP contribution is 2.34. The molecule has 0 atom stereocenters. The molecule has 0 spiro atoms. The zero-order chi connectivity index (χ0) is 13.6. The summed E-state index contributed by atoms with van der Waals surface area (Å²) in [6.45, 7) is 4.19. The fourth-order valence-electron chi connectivity index (χ4n) is 2.17. The highest BCUT2D eigenvalue weighted by atomic mass is 79.9. The molecule has 0 aliphatic carbocycles. The van der Waals surface area contributed by atoms with Crippen LogP contribution < -0.4 is 5.73 Å². The second-order valence-corrected chi connectivity index (χ2v) is 6.45. The van der Waals surface area contributed by atoms with Gasteiger partial charge in [-0.15, -0.1) is 11.3 Å². The van der Waals surface area contributed by atoms with Gasteiger partial charge in [0.2, 0.25) is 0 Å². The number of imidazole rings is 1. The van der Waals surface area contributed by atoms with Crippen LogP contribution >= 0.6 is 27.3 Å². The molecule has 3 heterocycles. The molecule has 0 unspecified atom stereocenters. The molecule has 0 aliphatic rings. The van der Waals surface area contributed by atoms with Crippen LogP contribution in [0.3, 0.4) is 0 Å². The van der Waals surface area contributed by atoms with Gasteiger partial charge < -0.3 is 5.73 Å². The monoisotopic (exact) mass is 335 g/mol. The molecule has 0 saturated heterocycles. The number of hydrogen-bond acceptors (Lipinski definition) is 3. The van der Waals surface area contributed by atoms with Crippen molar-refractivity contribution in [3.8, 4) is 10.6 Å². The topological polar surface area (TPSA) is 43.3 Å². The smallest absolute Gasteiger partial charge is 0.139 e. The van der Waals surface area contributed by atoms with Crippen LogP contribution in [-0.2, 0) is 6.42 Å². The lowest BCUT2D eigenvalue weighted by atomic mass is 10.3. The predicted octanol–water partition coefficient (Wildman–Crippen LogP) is 4.28. The third-order valence-corrected chi connectivity index (χ3v) is 5.32. The van der Waals surface area contributed by atoms with Gasteiger partial charge in [-0.2, -0.15) is 0 Å². The first-order chi connectivity index (χ1) is 9.11. The van der Waals surface area contributed by atoms with Gasteiger partial charge >= 0.3 is 0 Å². The molecule has 3 aromatic heterocycles. The van der Waals surface area contributed by atoms with Gasteiger partial charge in [-0.3, -0.25) is 4.40 Å². The first-order valence-electron chi connectivity index (χ1n) is 6.14. The van der Waals surface area contributed by atoms with Crippen LogP contribution in [-0.4, -0.2) is 9.38 Å². The molecule has 2 N–H and O–H groups in total. The van der Waals surface area contributed by atoms with E-state index in [4.69, 9.17) is 5.73 Å². The molecule has 98 valence electrons. The van der Waals surface area contributed by atoms with Crippen molar-refractivity contribution in [2.24, 2.45) is 0 Å². The SMILES string of the molecule is CCc1ccc(-c2nc3ccc(Br)c(C)n3c2N)s1. The number of thiophene rings is 1. The Morgan fingerprint density at radius 2 is 2.11 bits per heavy atom. The van der Waals surface area contributed by atoms with E-state index in [0.717, 1.165) is 32.8 Å². The third-order valence-electron chi connectivity index (χ3n) is 3.24. The van der Waals surface area contributed by atoms with Crippen molar-refractivity contribution >= 4 is 38.7 Å². The summed E-state index contributed by atoms with van der Waals surface area (Å²) < 4.78 is 3.03. The van der Waals surface area contributed by atoms with Crippen LogP contribution in [0.4, 0.5) is 5.82 Å². The van der Waals surface area contributed by atoms with Gasteiger partial charge in [-0.1, -0.05) is 6.92 Å². The Bertz CT molecular complexity index is 757. The van der Waals surface area contributed by atoms with Crippen LogP contribution in [0.15, 0.2) is 28.7 Å². The summed E-state index contributed by atoms with van der Waals surface area (Å²) in [5, 5.41) is 0. The quantitative estimate of drug-likeness (QED) is 0.759. The molecular formula is C14H14BrN3S. The summed E-state index contributed by atoms with van der Waals surface area (Å²) in [5.41, 5.74) is 9.12. The Labute approximate surface area is 124 Å². The molecule has 0 radical (unpaired) electrons. The van der Waals surface area contributed by atoms with E-state index >= 15 is 0 Å². The van der Waals surface area contributed by atoms with E-state index in [1.165, 1.54) is 4.88 Å². The fraction of sp³-hybridized carbons (Fsp3) is 0.214. The van der Waals surface area contributed by atoms with E-state index in [1.54, 1.807) is 11.3 Å². The van der Waals surface area contributed by atoms with Crippen LogP contribution in [0.25, 0.3) is 16.2 Å². The minimum atomic E-state index is 0.707. The van der Waals surface area contributed by atoms with Gasteiger partial charge in [0.15, 0.2) is 0 Å². The van der Waals surface area contributed by atoms with Crippen molar-refractivity contribution in [3.05, 3.63) is 39.3 Å². The van der Waals surface area contributed by atoms with Crippen LogP contribution in [0.5, 0.6) is 0 Å². The largest absolute Gasteiger partial charge is 0.383 e. The number of nitrogens with zero attached hydrogens (tertiary/aromatic N) is 2. The maximum atomic E-state index is 6.28. The number of rotatable bonds is 2. The van der Waals surface area contributed by atoms with E-state index in [2.05, 4.69) is 40.0 Å². The maximum Gasteiger partial charge on any atom is 0.139 e. The van der Waals surface area contributed by atoms with Crippen molar-refractivity contribution in [2.75, 3.05) is 5.73 Å². The summed E-state index contributed by atoms with van der Waals surface area (Å²) in [6.07, 6.45) is 1.04. The molecule has 3 nitrogen and oxygen atoms in total. The Balaban J connectivity index is 2.25. The van der Waals surface area contributed by atoms with Crippen molar-refractivity contribution in [1.82, 2.24) is 9.38 Å². The summed E-state index contributed by atoms with van der Waals surface area (Å²) >= 11 is 5.29. The van der Waals surface area contributed by atoms with E-state index in [1.807, 2.05) is 23.5 Å². The first kappa shape index (κ1) is 12.7. The molecular weight excluding hydrogens is 322 g/mol. The highest BCUT2D eigenvalue weighted by molar-refractivity contribution is 9.10. The van der Waals surface area contributed by atoms with Gasteiger partial charge in [0, 0.05) is 15.0 Å². The van der Waals surface area contributed by atoms with E-state index < -0.39 is 0 Å². The van der Waals surface area contributed by atoms with Gasteiger partial charge in [-0.25, -0.2) is 4.98 Å². The van der Waals surface area contributed by atoms with Crippen molar-refractivity contribution in [2.45, 2.75) is 20.3 Å². The molecule has 0 bridgehead atoms. The standard InChI is InChI=1S/C14H14BrN3S/c1-3-9-4-6-11(19-9)13-14(16)18-8(2)10(15)5-7-12(18)17-13/h4-7H,3,16H2,1-2H3.